The number of hydrogen-bond acceptors (Lipinski definition) is 4. The van der Waals surface area contributed by atoms with Gasteiger partial charge in [-0.25, -0.2) is 8.42 Å². The van der Waals surface area contributed by atoms with Crippen LogP contribution in [0.1, 0.15) is 39.5 Å². The second kappa shape index (κ2) is 9.93. The monoisotopic (exact) mass is 488 g/mol. The second-order valence-corrected chi connectivity index (χ2v) is 9.54. The molecule has 1 rings (SSSR count). The summed E-state index contributed by atoms with van der Waals surface area (Å²) >= 11 is 1.30. The molecule has 0 aliphatic rings. The maximum absolute atomic E-state index is 12.4. The Morgan fingerprint density at radius 2 is 1.88 bits per heavy atom. The molecule has 0 saturated heterocycles. The molecule has 0 amide bonds. The zero-order valence-electron chi connectivity index (χ0n) is 15.0. The van der Waals surface area contributed by atoms with Crippen LogP contribution in [0, 0.1) is 0 Å². The highest BCUT2D eigenvalue weighted by atomic mass is 127. The van der Waals surface area contributed by atoms with E-state index in [-0.39, 0.29) is 29.5 Å². The van der Waals surface area contributed by atoms with Crippen LogP contribution in [0.2, 0.25) is 0 Å². The van der Waals surface area contributed by atoms with Gasteiger partial charge in [0, 0.05) is 36.5 Å². The zero-order chi connectivity index (χ0) is 17.7. The molecule has 0 radical (unpaired) electrons. The Morgan fingerprint density at radius 3 is 2.38 bits per heavy atom. The van der Waals surface area contributed by atoms with E-state index < -0.39 is 10.0 Å². The minimum absolute atomic E-state index is 0. The fraction of sp³-hybridized carbons (Fsp3) is 0.667. The lowest BCUT2D eigenvalue weighted by molar-refractivity contribution is 0.447. The van der Waals surface area contributed by atoms with Crippen molar-refractivity contribution in [3.8, 4) is 0 Å². The maximum atomic E-state index is 12.4. The lowest BCUT2D eigenvalue weighted by atomic mass is 10.1. The topological polar surface area (TPSA) is 87.8 Å². The number of thiophene rings is 1. The van der Waals surface area contributed by atoms with Gasteiger partial charge in [-0.2, -0.15) is 4.31 Å². The standard InChI is InChI=1S/C15H28N4O2S2.HI/c1-6-19(7-2)23(20,21)13-9-8-12(22-13)10-11-17-14(16)18-15(3,4)5;/h8-9H,6-7,10-11H2,1-5H3,(H3,16,17,18);1H. The van der Waals surface area contributed by atoms with Crippen LogP contribution in [-0.2, 0) is 16.4 Å². The predicted octanol–water partition coefficient (Wildman–Crippen LogP) is 2.64. The van der Waals surface area contributed by atoms with E-state index in [0.717, 1.165) is 4.88 Å². The molecular formula is C15H29IN4O2S2. The Hall–Kier alpha value is -0.390. The summed E-state index contributed by atoms with van der Waals surface area (Å²) in [7, 11) is -3.37. The Labute approximate surface area is 167 Å². The molecule has 1 aromatic rings. The van der Waals surface area contributed by atoms with Gasteiger partial charge in [0.25, 0.3) is 10.0 Å². The largest absolute Gasteiger partial charge is 0.370 e. The summed E-state index contributed by atoms with van der Waals surface area (Å²) in [5.74, 6) is 0.407. The first kappa shape index (κ1) is 23.6. The van der Waals surface area contributed by atoms with Crippen LogP contribution >= 0.6 is 35.3 Å². The van der Waals surface area contributed by atoms with Crippen molar-refractivity contribution < 1.29 is 8.42 Å². The fourth-order valence-electron chi connectivity index (χ4n) is 2.03. The minimum atomic E-state index is -3.37. The van der Waals surface area contributed by atoms with Gasteiger partial charge < -0.3 is 11.1 Å². The number of hydrogen-bond donors (Lipinski definition) is 2. The Morgan fingerprint density at radius 1 is 1.29 bits per heavy atom. The van der Waals surface area contributed by atoms with E-state index in [1.165, 1.54) is 15.6 Å². The molecule has 0 bridgehead atoms. The zero-order valence-corrected chi connectivity index (χ0v) is 19.0. The van der Waals surface area contributed by atoms with Crippen molar-refractivity contribution in [1.29, 1.82) is 0 Å². The minimum Gasteiger partial charge on any atom is -0.370 e. The molecule has 1 heterocycles. The van der Waals surface area contributed by atoms with Crippen LogP contribution in [0.15, 0.2) is 21.3 Å². The van der Waals surface area contributed by atoms with Crippen molar-refractivity contribution in [2.75, 3.05) is 19.6 Å². The molecule has 0 spiro atoms. The van der Waals surface area contributed by atoms with E-state index in [4.69, 9.17) is 5.73 Å². The summed E-state index contributed by atoms with van der Waals surface area (Å²) in [4.78, 5) is 5.26. The van der Waals surface area contributed by atoms with E-state index in [9.17, 15) is 8.42 Å². The predicted molar refractivity (Wildman–Crippen MR) is 113 cm³/mol. The van der Waals surface area contributed by atoms with Crippen molar-refractivity contribution in [1.82, 2.24) is 9.62 Å². The number of sulfonamides is 1. The Balaban J connectivity index is 0.00000529. The molecule has 0 saturated carbocycles. The van der Waals surface area contributed by atoms with Gasteiger partial charge in [0.05, 0.1) is 0 Å². The lowest BCUT2D eigenvalue weighted by Gasteiger charge is -2.20. The molecule has 9 heteroatoms. The van der Waals surface area contributed by atoms with Gasteiger partial charge in [-0.3, -0.25) is 4.99 Å². The van der Waals surface area contributed by atoms with Crippen molar-refractivity contribution in [3.63, 3.8) is 0 Å². The van der Waals surface area contributed by atoms with E-state index in [2.05, 4.69) is 10.3 Å². The molecule has 1 aromatic heterocycles. The van der Waals surface area contributed by atoms with Gasteiger partial charge in [-0.05, 0) is 32.9 Å². The highest BCUT2D eigenvalue weighted by Crippen LogP contribution is 2.25. The Bertz CT molecular complexity index is 632. The molecule has 0 fully saturated rings. The number of aliphatic imine (C=N–C) groups is 1. The van der Waals surface area contributed by atoms with Crippen molar-refractivity contribution >= 4 is 51.3 Å². The molecule has 0 aliphatic heterocycles. The highest BCUT2D eigenvalue weighted by Gasteiger charge is 2.23. The van der Waals surface area contributed by atoms with E-state index >= 15 is 0 Å². The fourth-order valence-corrected chi connectivity index (χ4v) is 4.99. The Kier molecular flexibility index (Phi) is 9.77. The van der Waals surface area contributed by atoms with Crippen LogP contribution in [0.25, 0.3) is 0 Å². The summed E-state index contributed by atoms with van der Waals surface area (Å²) in [6.07, 6.45) is 0.672. The van der Waals surface area contributed by atoms with Crippen LogP contribution in [0.5, 0.6) is 0 Å². The van der Waals surface area contributed by atoms with Gasteiger partial charge in [-0.15, -0.1) is 35.3 Å². The van der Waals surface area contributed by atoms with Gasteiger partial charge in [0.15, 0.2) is 5.96 Å². The summed E-state index contributed by atoms with van der Waals surface area (Å²) in [5.41, 5.74) is 5.69. The third-order valence-electron chi connectivity index (χ3n) is 3.08. The molecule has 6 nitrogen and oxygen atoms in total. The number of nitrogens with zero attached hydrogens (tertiary/aromatic N) is 2. The summed E-state index contributed by atoms with van der Waals surface area (Å²) in [6, 6.07) is 3.53. The number of nitrogens with two attached hydrogens (primary N) is 1. The number of nitrogens with one attached hydrogen (secondary N) is 1. The van der Waals surface area contributed by atoms with Gasteiger partial charge >= 0.3 is 0 Å². The number of guanidine groups is 1. The van der Waals surface area contributed by atoms with Crippen molar-refractivity contribution in [2.24, 2.45) is 10.7 Å². The van der Waals surface area contributed by atoms with Crippen molar-refractivity contribution in [3.05, 3.63) is 17.0 Å². The first-order valence-corrected chi connectivity index (χ1v) is 10.0. The molecule has 0 aliphatic carbocycles. The molecule has 24 heavy (non-hydrogen) atoms. The molecule has 0 aromatic carbocycles. The molecule has 140 valence electrons. The maximum Gasteiger partial charge on any atom is 0.252 e. The quantitative estimate of drug-likeness (QED) is 0.351. The summed E-state index contributed by atoms with van der Waals surface area (Å²) < 4.78 is 26.7. The van der Waals surface area contributed by atoms with E-state index in [0.29, 0.717) is 36.2 Å². The van der Waals surface area contributed by atoms with Crippen LogP contribution in [-0.4, -0.2) is 43.9 Å². The average molecular weight is 488 g/mol. The lowest BCUT2D eigenvalue weighted by Crippen LogP contribution is -2.45. The highest BCUT2D eigenvalue weighted by molar-refractivity contribution is 14.0. The number of halogens is 1. The van der Waals surface area contributed by atoms with Crippen molar-refractivity contribution in [2.45, 2.75) is 50.8 Å². The summed E-state index contributed by atoms with van der Waals surface area (Å²) in [6.45, 7) is 11.2. The van der Waals surface area contributed by atoms with Gasteiger partial charge in [0.2, 0.25) is 0 Å². The van der Waals surface area contributed by atoms with Gasteiger partial charge in [-0.1, -0.05) is 13.8 Å². The molecule has 0 atom stereocenters. The SMILES string of the molecule is CCN(CC)S(=O)(=O)c1ccc(CCN=C(N)NC(C)(C)C)s1.I. The molecular weight excluding hydrogens is 459 g/mol. The van der Waals surface area contributed by atoms with E-state index in [1.54, 1.807) is 6.07 Å². The third kappa shape index (κ3) is 7.24. The molecule has 0 unspecified atom stereocenters. The number of rotatable bonds is 7. The van der Waals surface area contributed by atoms with E-state index in [1.807, 2.05) is 40.7 Å². The van der Waals surface area contributed by atoms with Crippen LogP contribution in [0.3, 0.4) is 0 Å². The first-order valence-electron chi connectivity index (χ1n) is 7.77. The first-order chi connectivity index (χ1) is 10.6. The van der Waals surface area contributed by atoms with Crippen LogP contribution < -0.4 is 11.1 Å². The average Bonchev–Trinajstić information content (AvgIpc) is 2.87. The van der Waals surface area contributed by atoms with Crippen LogP contribution in [0.4, 0.5) is 0 Å². The normalized spacial score (nSPS) is 13.0. The third-order valence-corrected chi connectivity index (χ3v) is 6.74. The smallest absolute Gasteiger partial charge is 0.252 e. The second-order valence-electron chi connectivity index (χ2n) is 6.20. The summed E-state index contributed by atoms with van der Waals surface area (Å²) in [5, 5.41) is 3.09. The molecule has 3 N–H and O–H groups in total. The van der Waals surface area contributed by atoms with Gasteiger partial charge in [0.1, 0.15) is 4.21 Å².